The summed E-state index contributed by atoms with van der Waals surface area (Å²) in [6, 6.07) is 3.84. The molecule has 116 valence electrons. The zero-order valence-corrected chi connectivity index (χ0v) is 13.0. The molecule has 0 bridgehead atoms. The molecule has 2 rings (SSSR count). The average molecular weight is 290 g/mol. The van der Waals surface area contributed by atoms with Gasteiger partial charge in [0.1, 0.15) is 5.82 Å². The molecule has 21 heavy (non-hydrogen) atoms. The van der Waals surface area contributed by atoms with Crippen molar-refractivity contribution in [3.8, 4) is 0 Å². The van der Waals surface area contributed by atoms with Crippen LogP contribution in [0.4, 0.5) is 5.82 Å². The minimum atomic E-state index is -0.0289. The first-order chi connectivity index (χ1) is 10.2. The molecular weight excluding hydrogens is 264 g/mol. The van der Waals surface area contributed by atoms with Crippen molar-refractivity contribution in [2.75, 3.05) is 5.43 Å². The van der Waals surface area contributed by atoms with Gasteiger partial charge in [-0.15, -0.1) is 0 Å². The van der Waals surface area contributed by atoms with Gasteiger partial charge in [-0.2, -0.15) is 0 Å². The second kappa shape index (κ2) is 7.41. The van der Waals surface area contributed by atoms with Crippen LogP contribution in [0.15, 0.2) is 12.1 Å². The monoisotopic (exact) mass is 290 g/mol. The number of hydrogen-bond donors (Lipinski definition) is 3. The zero-order valence-electron chi connectivity index (χ0n) is 13.0. The lowest BCUT2D eigenvalue weighted by Gasteiger charge is -2.17. The minimum absolute atomic E-state index is 0.0289. The van der Waals surface area contributed by atoms with Crippen molar-refractivity contribution in [1.29, 1.82) is 0 Å². The lowest BCUT2D eigenvalue weighted by molar-refractivity contribution is 0.0932. The summed E-state index contributed by atoms with van der Waals surface area (Å²) >= 11 is 0. The first-order valence-electron chi connectivity index (χ1n) is 7.94. The Morgan fingerprint density at radius 1 is 1.43 bits per heavy atom. The van der Waals surface area contributed by atoms with Crippen LogP contribution in [-0.4, -0.2) is 16.9 Å². The minimum Gasteiger partial charge on any atom is -0.349 e. The number of pyridine rings is 1. The van der Waals surface area contributed by atoms with Crippen LogP contribution in [0.5, 0.6) is 0 Å². The lowest BCUT2D eigenvalue weighted by Crippen LogP contribution is -2.35. The van der Waals surface area contributed by atoms with Crippen LogP contribution in [0.1, 0.15) is 62.0 Å². The van der Waals surface area contributed by atoms with E-state index in [1.165, 1.54) is 12.8 Å². The van der Waals surface area contributed by atoms with Crippen molar-refractivity contribution in [3.05, 3.63) is 23.4 Å². The number of carbonyl (C=O) groups is 1. The fraction of sp³-hybridized carbons (Fsp3) is 0.625. The summed E-state index contributed by atoms with van der Waals surface area (Å²) < 4.78 is 0. The van der Waals surface area contributed by atoms with E-state index in [9.17, 15) is 4.79 Å². The molecule has 1 heterocycles. The van der Waals surface area contributed by atoms with Gasteiger partial charge in [-0.1, -0.05) is 33.1 Å². The third-order valence-electron chi connectivity index (χ3n) is 3.94. The Kier molecular flexibility index (Phi) is 5.56. The van der Waals surface area contributed by atoms with Gasteiger partial charge in [-0.25, -0.2) is 10.8 Å². The van der Waals surface area contributed by atoms with Gasteiger partial charge >= 0.3 is 0 Å². The van der Waals surface area contributed by atoms with Gasteiger partial charge in [-0.05, 0) is 37.3 Å². The van der Waals surface area contributed by atoms with Crippen molar-refractivity contribution in [3.63, 3.8) is 0 Å². The predicted molar refractivity (Wildman–Crippen MR) is 84.9 cm³/mol. The van der Waals surface area contributed by atoms with Gasteiger partial charge in [0, 0.05) is 17.3 Å². The average Bonchev–Trinajstić information content (AvgIpc) is 3.30. The standard InChI is InChI=1S/C16H26N4O/c1-3-5-14-9-12(10-15(18-14)20-17)16(21)19-13(4-2)8-11-6-7-11/h9-11,13H,3-8,17H2,1-2H3,(H,18,20)(H,19,21). The number of carbonyl (C=O) groups excluding carboxylic acids is 1. The van der Waals surface area contributed by atoms with Crippen molar-refractivity contribution in [1.82, 2.24) is 10.3 Å². The molecule has 0 radical (unpaired) electrons. The Balaban J connectivity index is 2.07. The van der Waals surface area contributed by atoms with Crippen LogP contribution >= 0.6 is 0 Å². The van der Waals surface area contributed by atoms with Crippen molar-refractivity contribution in [2.45, 2.75) is 58.4 Å². The normalized spacial score (nSPS) is 15.6. The molecule has 1 aromatic rings. The third-order valence-corrected chi connectivity index (χ3v) is 3.94. The van der Waals surface area contributed by atoms with E-state index < -0.39 is 0 Å². The Labute approximate surface area is 126 Å². The second-order valence-electron chi connectivity index (χ2n) is 5.88. The Morgan fingerprint density at radius 3 is 2.76 bits per heavy atom. The van der Waals surface area contributed by atoms with Crippen LogP contribution in [0.3, 0.4) is 0 Å². The molecule has 0 aliphatic heterocycles. The number of nitrogen functional groups attached to an aromatic ring is 1. The number of aromatic nitrogens is 1. The largest absolute Gasteiger partial charge is 0.349 e. The maximum absolute atomic E-state index is 12.4. The van der Waals surface area contributed by atoms with E-state index >= 15 is 0 Å². The number of nitrogens with two attached hydrogens (primary N) is 1. The molecular formula is C16H26N4O. The number of hydrazine groups is 1. The van der Waals surface area contributed by atoms with Crippen LogP contribution < -0.4 is 16.6 Å². The zero-order chi connectivity index (χ0) is 15.2. The number of amides is 1. The molecule has 1 aromatic heterocycles. The molecule has 1 atom stereocenters. The van der Waals surface area contributed by atoms with Gasteiger partial charge in [0.15, 0.2) is 0 Å². The van der Waals surface area contributed by atoms with Gasteiger partial charge < -0.3 is 10.7 Å². The molecule has 1 amide bonds. The van der Waals surface area contributed by atoms with Crippen LogP contribution in [0, 0.1) is 5.92 Å². The molecule has 1 saturated carbocycles. The maximum Gasteiger partial charge on any atom is 0.251 e. The van der Waals surface area contributed by atoms with Crippen molar-refractivity contribution >= 4 is 11.7 Å². The van der Waals surface area contributed by atoms with Crippen LogP contribution in [0.2, 0.25) is 0 Å². The van der Waals surface area contributed by atoms with E-state index in [0.29, 0.717) is 11.4 Å². The molecule has 0 aromatic carbocycles. The molecule has 5 heteroatoms. The highest BCUT2D eigenvalue weighted by atomic mass is 16.1. The van der Waals surface area contributed by atoms with E-state index in [4.69, 9.17) is 5.84 Å². The third kappa shape index (κ3) is 4.70. The highest BCUT2D eigenvalue weighted by molar-refractivity contribution is 5.95. The van der Waals surface area contributed by atoms with Crippen LogP contribution in [-0.2, 0) is 6.42 Å². The van der Waals surface area contributed by atoms with Crippen molar-refractivity contribution in [2.24, 2.45) is 11.8 Å². The fourth-order valence-corrected chi connectivity index (χ4v) is 2.53. The van der Waals surface area contributed by atoms with E-state index in [1.807, 2.05) is 6.07 Å². The van der Waals surface area contributed by atoms with Gasteiger partial charge in [0.05, 0.1) is 0 Å². The first-order valence-corrected chi connectivity index (χ1v) is 7.94. The molecule has 5 nitrogen and oxygen atoms in total. The predicted octanol–water partition coefficient (Wildman–Crippen LogP) is 2.63. The molecule has 4 N–H and O–H groups in total. The van der Waals surface area contributed by atoms with E-state index in [-0.39, 0.29) is 11.9 Å². The van der Waals surface area contributed by atoms with E-state index in [1.54, 1.807) is 6.07 Å². The summed E-state index contributed by atoms with van der Waals surface area (Å²) in [7, 11) is 0. The van der Waals surface area contributed by atoms with Gasteiger partial charge in [0.25, 0.3) is 5.91 Å². The van der Waals surface area contributed by atoms with Gasteiger partial charge in [0.2, 0.25) is 0 Å². The fourth-order valence-electron chi connectivity index (χ4n) is 2.53. The number of nitrogens with one attached hydrogen (secondary N) is 2. The highest BCUT2D eigenvalue weighted by Crippen LogP contribution is 2.34. The van der Waals surface area contributed by atoms with Crippen molar-refractivity contribution < 1.29 is 4.79 Å². The summed E-state index contributed by atoms with van der Waals surface area (Å²) in [6.45, 7) is 4.21. The quantitative estimate of drug-likeness (QED) is 0.508. The highest BCUT2D eigenvalue weighted by Gasteiger charge is 2.25. The van der Waals surface area contributed by atoms with Gasteiger partial charge in [-0.3, -0.25) is 4.79 Å². The second-order valence-corrected chi connectivity index (χ2v) is 5.88. The Hall–Kier alpha value is -1.62. The number of nitrogens with zero attached hydrogens (tertiary/aromatic N) is 1. The number of anilines is 1. The maximum atomic E-state index is 12.4. The summed E-state index contributed by atoms with van der Waals surface area (Å²) in [5.74, 6) is 6.77. The van der Waals surface area contributed by atoms with E-state index in [0.717, 1.165) is 37.3 Å². The smallest absolute Gasteiger partial charge is 0.251 e. The Bertz CT molecular complexity index is 485. The number of rotatable bonds is 8. The first kappa shape index (κ1) is 15.8. The SMILES string of the molecule is CCCc1cc(C(=O)NC(CC)CC2CC2)cc(NN)n1. The number of hydrogen-bond acceptors (Lipinski definition) is 4. The Morgan fingerprint density at radius 2 is 2.19 bits per heavy atom. The van der Waals surface area contributed by atoms with Crippen LogP contribution in [0.25, 0.3) is 0 Å². The lowest BCUT2D eigenvalue weighted by atomic mass is 10.1. The molecule has 1 fully saturated rings. The number of aryl methyl sites for hydroxylation is 1. The summed E-state index contributed by atoms with van der Waals surface area (Å²) in [6.07, 6.45) is 6.51. The van der Waals surface area contributed by atoms with E-state index in [2.05, 4.69) is 29.6 Å². The molecule has 1 aliphatic rings. The molecule has 0 saturated heterocycles. The summed E-state index contributed by atoms with van der Waals surface area (Å²) in [5.41, 5.74) is 4.07. The molecule has 0 spiro atoms. The molecule has 1 aliphatic carbocycles. The topological polar surface area (TPSA) is 80.0 Å². The molecule has 1 unspecified atom stereocenters. The summed E-state index contributed by atoms with van der Waals surface area (Å²) in [5, 5.41) is 3.14. The summed E-state index contributed by atoms with van der Waals surface area (Å²) in [4.78, 5) is 16.8.